The molecule has 2 fully saturated rings. The minimum atomic E-state index is -1.50. The maximum absolute atomic E-state index is 14.5. The normalized spacial score (nSPS) is 31.4. The van der Waals surface area contributed by atoms with Gasteiger partial charge < -0.3 is 24.4 Å². The highest BCUT2D eigenvalue weighted by molar-refractivity contribution is 6.18. The zero-order valence-electron chi connectivity index (χ0n) is 24.5. The van der Waals surface area contributed by atoms with Crippen molar-refractivity contribution in [3.63, 3.8) is 0 Å². The first-order valence-electron chi connectivity index (χ1n) is 14.1. The van der Waals surface area contributed by atoms with Gasteiger partial charge in [-0.05, 0) is 79.9 Å². The summed E-state index contributed by atoms with van der Waals surface area (Å²) >= 11 is 0. The summed E-state index contributed by atoms with van der Waals surface area (Å²) < 4.78 is 19.9. The Hall–Kier alpha value is -3.65. The molecule has 4 bridgehead atoms. The van der Waals surface area contributed by atoms with E-state index in [0.29, 0.717) is 35.3 Å². The van der Waals surface area contributed by atoms with Gasteiger partial charge in [0.05, 0.1) is 16.6 Å². The third kappa shape index (κ3) is 3.46. The van der Waals surface area contributed by atoms with Gasteiger partial charge in [0.1, 0.15) is 28.4 Å². The Morgan fingerprint density at radius 2 is 1.78 bits per heavy atom. The molecule has 0 aromatic heterocycles. The summed E-state index contributed by atoms with van der Waals surface area (Å²) in [7, 11) is 0. The highest BCUT2D eigenvalue weighted by atomic mass is 16.6. The number of carbonyl (C=O) groups is 3. The molecular weight excluding hydrogens is 524 g/mol. The molecule has 1 aromatic carbocycles. The predicted octanol–water partition coefficient (Wildman–Crippen LogP) is 5.51. The van der Waals surface area contributed by atoms with Crippen LogP contribution in [0.15, 0.2) is 41.0 Å². The minimum Gasteiger partial charge on any atom is -0.506 e. The van der Waals surface area contributed by atoms with Crippen LogP contribution in [-0.4, -0.2) is 50.7 Å². The third-order valence-electron chi connectivity index (χ3n) is 9.68. The summed E-state index contributed by atoms with van der Waals surface area (Å²) in [4.78, 5) is 40.0. The number of benzene rings is 1. The van der Waals surface area contributed by atoms with Crippen LogP contribution >= 0.6 is 0 Å². The lowest BCUT2D eigenvalue weighted by Gasteiger charge is -2.58. The maximum Gasteiger partial charge on any atom is 0.330 e. The number of aliphatic carboxylic acids is 1. The van der Waals surface area contributed by atoms with Gasteiger partial charge >= 0.3 is 5.97 Å². The van der Waals surface area contributed by atoms with Gasteiger partial charge in [-0.2, -0.15) is 0 Å². The molecule has 1 spiro atoms. The van der Waals surface area contributed by atoms with Crippen molar-refractivity contribution in [3.05, 3.63) is 57.7 Å². The first-order valence-corrected chi connectivity index (χ1v) is 14.1. The van der Waals surface area contributed by atoms with E-state index in [1.54, 1.807) is 18.2 Å². The number of phenolic OH excluding ortho intramolecular Hbond substituents is 1. The van der Waals surface area contributed by atoms with Gasteiger partial charge in [0, 0.05) is 22.6 Å². The largest absolute Gasteiger partial charge is 0.506 e. The first kappa shape index (κ1) is 27.5. The first-order chi connectivity index (χ1) is 19.1. The van der Waals surface area contributed by atoms with Crippen LogP contribution in [0.3, 0.4) is 0 Å². The summed E-state index contributed by atoms with van der Waals surface area (Å²) in [6, 6.07) is 0. The highest BCUT2D eigenvalue weighted by Crippen LogP contribution is 2.71. The lowest BCUT2D eigenvalue weighted by Crippen LogP contribution is -2.70. The second-order valence-corrected chi connectivity index (χ2v) is 13.2. The number of carbonyl (C=O) groups excluding carboxylic acids is 2. The lowest BCUT2D eigenvalue weighted by atomic mass is 9.47. The fourth-order valence-corrected chi connectivity index (χ4v) is 7.45. The van der Waals surface area contributed by atoms with Crippen molar-refractivity contribution in [1.29, 1.82) is 0 Å². The molecule has 8 nitrogen and oxygen atoms in total. The van der Waals surface area contributed by atoms with E-state index in [1.165, 1.54) is 6.92 Å². The van der Waals surface area contributed by atoms with Crippen molar-refractivity contribution in [2.45, 2.75) is 90.6 Å². The summed E-state index contributed by atoms with van der Waals surface area (Å²) in [6.07, 6.45) is 8.83. The van der Waals surface area contributed by atoms with Gasteiger partial charge in [0.25, 0.3) is 0 Å². The molecule has 1 aromatic rings. The van der Waals surface area contributed by atoms with Crippen LogP contribution in [0.4, 0.5) is 0 Å². The molecule has 41 heavy (non-hydrogen) atoms. The van der Waals surface area contributed by atoms with Gasteiger partial charge in [0.15, 0.2) is 23.3 Å². The van der Waals surface area contributed by atoms with E-state index in [0.717, 1.165) is 5.57 Å². The monoisotopic (exact) mass is 560 g/mol. The van der Waals surface area contributed by atoms with Gasteiger partial charge in [0.2, 0.25) is 0 Å². The molecule has 0 unspecified atom stereocenters. The van der Waals surface area contributed by atoms with Gasteiger partial charge in [-0.1, -0.05) is 23.8 Å². The van der Waals surface area contributed by atoms with E-state index in [1.807, 2.05) is 53.7 Å². The number of fused-ring (bicyclic) bond motifs is 2. The SMILES string of the molecule is CC(C)=CCc1c2c(c(O)c3c1O[C@]14C(=C[C@@H]5C[C@@]1(CC=C(C)C(=O)O)C(C)(C)O[C@H]4C5=O)C3=O)C=CC(C)(C)O2. The molecule has 3 heterocycles. The Morgan fingerprint density at radius 3 is 2.44 bits per heavy atom. The molecule has 8 heteroatoms. The number of carboxylic acids is 1. The van der Waals surface area contributed by atoms with Crippen molar-refractivity contribution >= 4 is 23.6 Å². The highest BCUT2D eigenvalue weighted by Gasteiger charge is 2.81. The number of carboxylic acid groups (broad SMARTS) is 1. The Balaban J connectivity index is 1.66. The molecule has 0 amide bonds. The van der Waals surface area contributed by atoms with Crippen LogP contribution in [0, 0.1) is 11.3 Å². The molecule has 6 aliphatic rings. The zero-order chi connectivity index (χ0) is 29.9. The van der Waals surface area contributed by atoms with Crippen molar-refractivity contribution in [1.82, 2.24) is 0 Å². The van der Waals surface area contributed by atoms with E-state index >= 15 is 0 Å². The number of rotatable bonds is 5. The molecule has 2 N–H and O–H groups in total. The van der Waals surface area contributed by atoms with Crippen molar-refractivity contribution in [3.8, 4) is 17.2 Å². The van der Waals surface area contributed by atoms with E-state index < -0.39 is 46.0 Å². The van der Waals surface area contributed by atoms with E-state index in [2.05, 4.69) is 0 Å². The van der Waals surface area contributed by atoms with Crippen molar-refractivity contribution in [2.24, 2.45) is 11.3 Å². The van der Waals surface area contributed by atoms with Gasteiger partial charge in [-0.25, -0.2) is 4.79 Å². The molecule has 1 saturated carbocycles. The van der Waals surface area contributed by atoms with Crippen LogP contribution in [0.2, 0.25) is 0 Å². The summed E-state index contributed by atoms with van der Waals surface area (Å²) in [5, 5.41) is 21.1. The van der Waals surface area contributed by atoms with Gasteiger partial charge in [-0.15, -0.1) is 0 Å². The molecule has 4 atom stereocenters. The number of phenols is 1. The lowest BCUT2D eigenvalue weighted by molar-refractivity contribution is -0.148. The second-order valence-electron chi connectivity index (χ2n) is 13.2. The Labute approximate surface area is 239 Å². The molecule has 0 radical (unpaired) electrons. The fraction of sp³-hybridized carbons (Fsp3) is 0.485. The topological polar surface area (TPSA) is 119 Å². The third-order valence-corrected chi connectivity index (χ3v) is 9.68. The van der Waals surface area contributed by atoms with E-state index in [9.17, 15) is 24.6 Å². The smallest absolute Gasteiger partial charge is 0.330 e. The van der Waals surface area contributed by atoms with E-state index in [-0.39, 0.29) is 34.8 Å². The zero-order valence-corrected chi connectivity index (χ0v) is 24.5. The van der Waals surface area contributed by atoms with E-state index in [4.69, 9.17) is 14.2 Å². The average molecular weight is 561 g/mol. The quantitative estimate of drug-likeness (QED) is 0.357. The average Bonchev–Trinajstić information content (AvgIpc) is 3.03. The molecule has 216 valence electrons. The molecular formula is C33H36O8. The summed E-state index contributed by atoms with van der Waals surface area (Å²) in [5.41, 5.74) is -1.45. The van der Waals surface area contributed by atoms with Crippen LogP contribution < -0.4 is 9.47 Å². The molecule has 3 aliphatic carbocycles. The predicted molar refractivity (Wildman–Crippen MR) is 151 cm³/mol. The van der Waals surface area contributed by atoms with Crippen molar-refractivity contribution in [2.75, 3.05) is 0 Å². The minimum absolute atomic E-state index is 0.0513. The Bertz CT molecular complexity index is 1560. The number of hydrogen-bond donors (Lipinski definition) is 2. The van der Waals surface area contributed by atoms with Crippen LogP contribution in [0.1, 0.15) is 82.8 Å². The number of allylic oxidation sites excluding steroid dienone is 4. The Kier molecular flexibility index (Phi) is 5.67. The summed E-state index contributed by atoms with van der Waals surface area (Å²) in [6.45, 7) is 13.0. The second kappa shape index (κ2) is 8.44. The number of hydrogen-bond acceptors (Lipinski definition) is 7. The standard InChI is InChI=1S/C33H36O8/c1-16(2)8-9-20-26-19(11-12-30(4,5)39-26)24(35)22-25(36)21-14-18-15-32(13-10-17(3)29(37)38)31(6,7)41-28(23(18)34)33(21,32)40-27(20)22/h8,10-12,14,18,28,35H,9,13,15H2,1-7H3,(H,37,38)/t18-,28+,32+,33+/m1/s1. The van der Waals surface area contributed by atoms with Crippen LogP contribution in [-0.2, 0) is 20.7 Å². The molecule has 3 aliphatic heterocycles. The maximum atomic E-state index is 14.5. The number of Topliss-reactive ketones (excluding diaryl/α,β-unsaturated/α-hetero) is 2. The molecule has 7 rings (SSSR count). The Morgan fingerprint density at radius 1 is 1.07 bits per heavy atom. The summed E-state index contributed by atoms with van der Waals surface area (Å²) in [5.74, 6) is -1.79. The molecule has 1 saturated heterocycles. The van der Waals surface area contributed by atoms with Gasteiger partial charge in [-0.3, -0.25) is 9.59 Å². The van der Waals surface area contributed by atoms with Crippen LogP contribution in [0.25, 0.3) is 6.08 Å². The number of ketones is 2. The number of aromatic hydroxyl groups is 1. The number of ether oxygens (including phenoxy) is 3. The fourth-order valence-electron chi connectivity index (χ4n) is 7.45. The van der Waals surface area contributed by atoms with Crippen LogP contribution in [0.5, 0.6) is 17.2 Å². The van der Waals surface area contributed by atoms with Crippen molar-refractivity contribution < 1.29 is 38.8 Å².